The highest BCUT2D eigenvalue weighted by atomic mass is 19.1. The lowest BCUT2D eigenvalue weighted by molar-refractivity contribution is -0.219. The zero-order valence-electron chi connectivity index (χ0n) is 32.7. The Morgan fingerprint density at radius 3 is 2.20 bits per heavy atom. The number of rotatable bonds is 22. The minimum Gasteiger partial charge on any atom is -0.450 e. The first-order chi connectivity index (χ1) is 25.8. The predicted molar refractivity (Wildman–Crippen MR) is 203 cm³/mol. The maximum atomic E-state index is 17.4. The number of nitrogens with two attached hydrogens (primary N) is 1. The highest BCUT2D eigenvalue weighted by Gasteiger charge is 2.75. The van der Waals surface area contributed by atoms with Crippen molar-refractivity contribution in [1.82, 2.24) is 21.3 Å². The van der Waals surface area contributed by atoms with E-state index in [4.69, 9.17) is 15.2 Å². The number of allylic oxidation sites excluding steroid dienone is 4. The summed E-state index contributed by atoms with van der Waals surface area (Å²) >= 11 is 0. The number of nitrogens with one attached hydrogen (secondary N) is 4. The molecule has 3 fully saturated rings. The van der Waals surface area contributed by atoms with E-state index in [-0.39, 0.29) is 12.2 Å². The molecule has 13 nitrogen and oxygen atoms in total. The van der Waals surface area contributed by atoms with Crippen molar-refractivity contribution in [2.75, 3.05) is 59.0 Å². The highest BCUT2D eigenvalue weighted by Crippen LogP contribution is 2.70. The number of ketones is 2. The molecule has 0 saturated heterocycles. The van der Waals surface area contributed by atoms with Crippen molar-refractivity contribution in [3.63, 3.8) is 0 Å². The molecule has 3 saturated carbocycles. The lowest BCUT2D eigenvalue weighted by atomic mass is 9.44. The van der Waals surface area contributed by atoms with Gasteiger partial charge in [-0.3, -0.25) is 9.59 Å². The molecule has 2 amide bonds. The van der Waals surface area contributed by atoms with Crippen molar-refractivity contribution in [3.8, 4) is 0 Å². The van der Waals surface area contributed by atoms with Gasteiger partial charge in [-0.25, -0.2) is 14.0 Å². The van der Waals surface area contributed by atoms with E-state index in [0.29, 0.717) is 63.9 Å². The lowest BCUT2D eigenvalue weighted by Crippen LogP contribution is -2.69. The predicted octanol–water partition coefficient (Wildman–Crippen LogP) is 3.61. The maximum Gasteiger partial charge on any atom is 0.407 e. The number of carbonyl (C=O) groups is 4. The van der Waals surface area contributed by atoms with Crippen LogP contribution in [0.1, 0.15) is 97.8 Å². The number of alkyl halides is 1. The van der Waals surface area contributed by atoms with E-state index < -0.39 is 70.5 Å². The average molecular weight is 764 g/mol. The van der Waals surface area contributed by atoms with Crippen LogP contribution in [0.25, 0.3) is 0 Å². The molecule has 0 aromatic heterocycles. The van der Waals surface area contributed by atoms with Crippen LogP contribution >= 0.6 is 0 Å². The number of ether oxygens (including phenoxy) is 2. The Bertz CT molecular complexity index is 1370. The molecule has 0 spiro atoms. The zero-order valence-corrected chi connectivity index (χ0v) is 32.7. The molecule has 0 aliphatic heterocycles. The van der Waals surface area contributed by atoms with E-state index in [2.05, 4.69) is 21.3 Å². The van der Waals surface area contributed by atoms with Gasteiger partial charge in [0, 0.05) is 29.8 Å². The summed E-state index contributed by atoms with van der Waals surface area (Å²) in [5.41, 5.74) is -0.150. The van der Waals surface area contributed by atoms with Gasteiger partial charge < -0.3 is 46.7 Å². The molecular formula is C40H66FN5O8. The largest absolute Gasteiger partial charge is 0.450 e. The fraction of sp³-hybridized carbons (Fsp3) is 0.800. The molecule has 8 N–H and O–H groups in total. The lowest BCUT2D eigenvalue weighted by Gasteiger charge is -2.62. The Hall–Kier alpha value is -2.91. The van der Waals surface area contributed by atoms with Gasteiger partial charge >= 0.3 is 12.2 Å². The second-order valence-electron chi connectivity index (χ2n) is 16.3. The topological polar surface area (TPSA) is 201 Å². The van der Waals surface area contributed by atoms with E-state index >= 15 is 4.39 Å². The van der Waals surface area contributed by atoms with Gasteiger partial charge in [-0.15, -0.1) is 0 Å². The Labute approximate surface area is 320 Å². The second-order valence-corrected chi connectivity index (χ2v) is 16.3. The molecular weight excluding hydrogens is 697 g/mol. The smallest absolute Gasteiger partial charge is 0.407 e. The number of Topliss-reactive ketones (excluding diaryl/α,β-unsaturated/α-hetero) is 1. The molecule has 4 aliphatic rings. The second kappa shape index (κ2) is 19.8. The SMILES string of the molecule is CC1CC2C3CCC4=CC(=O)C=CC4(C)C3(F)C(O)CC2(C)C1(O)C(=O)COC(=O)NCCCCCCOC(=O)NCCCNCCCCNCCCN. The summed E-state index contributed by atoms with van der Waals surface area (Å²) in [4.78, 5) is 50.1. The molecule has 14 heteroatoms. The fourth-order valence-corrected chi connectivity index (χ4v) is 9.80. The summed E-state index contributed by atoms with van der Waals surface area (Å²) in [5, 5.41) is 35.7. The van der Waals surface area contributed by atoms with Gasteiger partial charge in [0.25, 0.3) is 0 Å². The summed E-state index contributed by atoms with van der Waals surface area (Å²) in [5.74, 6) is -2.44. The minimum absolute atomic E-state index is 0.142. The third-order valence-electron chi connectivity index (χ3n) is 12.9. The number of halogens is 1. The first-order valence-electron chi connectivity index (χ1n) is 20.2. The molecule has 4 rings (SSSR count). The van der Waals surface area contributed by atoms with Gasteiger partial charge in [-0.05, 0) is 134 Å². The number of fused-ring (bicyclic) bond motifs is 5. The number of unbranched alkanes of at least 4 members (excludes halogenated alkanes) is 4. The Morgan fingerprint density at radius 1 is 0.889 bits per heavy atom. The van der Waals surface area contributed by atoms with E-state index in [1.165, 1.54) is 12.2 Å². The number of hydrogen-bond acceptors (Lipinski definition) is 11. The number of amides is 2. The van der Waals surface area contributed by atoms with Gasteiger partial charge in [0.1, 0.15) is 5.60 Å². The molecule has 0 bridgehead atoms. The Morgan fingerprint density at radius 2 is 1.50 bits per heavy atom. The van der Waals surface area contributed by atoms with Gasteiger partial charge in [-0.2, -0.15) is 0 Å². The van der Waals surface area contributed by atoms with Crippen LogP contribution < -0.4 is 27.0 Å². The molecule has 8 unspecified atom stereocenters. The van der Waals surface area contributed by atoms with E-state index in [1.54, 1.807) is 26.8 Å². The number of alkyl carbamates (subject to hydrolysis) is 2. The molecule has 54 heavy (non-hydrogen) atoms. The van der Waals surface area contributed by atoms with Crippen molar-refractivity contribution < 1.29 is 43.3 Å². The van der Waals surface area contributed by atoms with Crippen molar-refractivity contribution in [3.05, 3.63) is 23.8 Å². The van der Waals surface area contributed by atoms with E-state index in [0.717, 1.165) is 64.7 Å². The van der Waals surface area contributed by atoms with Gasteiger partial charge in [-0.1, -0.05) is 31.9 Å². The summed E-state index contributed by atoms with van der Waals surface area (Å²) < 4.78 is 27.8. The Kier molecular flexibility index (Phi) is 16.1. The van der Waals surface area contributed by atoms with Crippen molar-refractivity contribution in [2.45, 2.75) is 115 Å². The van der Waals surface area contributed by atoms with E-state index in [9.17, 15) is 29.4 Å². The fourth-order valence-electron chi connectivity index (χ4n) is 9.80. The molecule has 4 aliphatic carbocycles. The Balaban J connectivity index is 1.07. The van der Waals surface area contributed by atoms with Crippen LogP contribution in [0.4, 0.5) is 14.0 Å². The van der Waals surface area contributed by atoms with Crippen LogP contribution in [-0.2, 0) is 19.1 Å². The molecule has 8 atom stereocenters. The molecule has 306 valence electrons. The van der Waals surface area contributed by atoms with Crippen LogP contribution in [0.2, 0.25) is 0 Å². The first kappa shape index (κ1) is 43.8. The summed E-state index contributed by atoms with van der Waals surface area (Å²) in [6.07, 6.45) is 9.85. The summed E-state index contributed by atoms with van der Waals surface area (Å²) in [6, 6.07) is 0. The van der Waals surface area contributed by atoms with Crippen molar-refractivity contribution in [2.24, 2.45) is 34.3 Å². The number of carbonyl (C=O) groups excluding carboxylic acids is 4. The van der Waals surface area contributed by atoms with Gasteiger partial charge in [0.2, 0.25) is 5.78 Å². The van der Waals surface area contributed by atoms with Gasteiger partial charge in [0.15, 0.2) is 18.1 Å². The van der Waals surface area contributed by atoms with E-state index in [1.807, 2.05) is 0 Å². The third-order valence-corrected chi connectivity index (χ3v) is 12.9. The zero-order chi connectivity index (χ0) is 39.4. The normalized spacial score (nSPS) is 32.6. The summed E-state index contributed by atoms with van der Waals surface area (Å²) in [7, 11) is 0. The summed E-state index contributed by atoms with van der Waals surface area (Å²) in [6.45, 7) is 10.2. The van der Waals surface area contributed by atoms with Crippen LogP contribution in [0.15, 0.2) is 23.8 Å². The average Bonchev–Trinajstić information content (AvgIpc) is 3.34. The number of hydrogen-bond donors (Lipinski definition) is 7. The minimum atomic E-state index is -2.06. The standard InChI is InChI=1S/C40H66FN5O8/c1-28-24-32-31-13-12-29-25-30(47)14-15-37(29,2)39(31,41)33(48)26-38(32,3)40(28,52)34(49)27-54-36(51)45-21-6-4-5-9-23-53-35(50)46-22-11-20-44-18-8-7-17-43-19-10-16-42/h14-15,25,28,31-33,43-44,48,52H,4-13,16-24,26-27,42H2,1-3H3,(H,45,51)(H,46,50). The maximum absolute atomic E-state index is 17.4. The highest BCUT2D eigenvalue weighted by molar-refractivity contribution is 6.01. The molecule has 0 heterocycles. The molecule has 0 radical (unpaired) electrons. The first-order valence-corrected chi connectivity index (χ1v) is 20.2. The molecule has 0 aromatic rings. The third kappa shape index (κ3) is 9.54. The van der Waals surface area contributed by atoms with Crippen LogP contribution in [0.5, 0.6) is 0 Å². The van der Waals surface area contributed by atoms with Crippen LogP contribution in [-0.4, -0.2) is 110 Å². The number of aliphatic hydroxyl groups is 2. The van der Waals surface area contributed by atoms with Crippen LogP contribution in [0, 0.1) is 28.6 Å². The van der Waals surface area contributed by atoms with Crippen molar-refractivity contribution >= 4 is 23.8 Å². The van der Waals surface area contributed by atoms with Crippen LogP contribution in [0.3, 0.4) is 0 Å². The quantitative estimate of drug-likeness (QED) is 0.0795. The number of aliphatic hydroxyl groups excluding tert-OH is 1. The van der Waals surface area contributed by atoms with Crippen molar-refractivity contribution in [1.29, 1.82) is 0 Å². The van der Waals surface area contributed by atoms with Gasteiger partial charge in [0.05, 0.1) is 12.7 Å². The monoisotopic (exact) mass is 763 g/mol. The molecule has 0 aromatic carbocycles.